The van der Waals surface area contributed by atoms with Crippen LogP contribution in [0.3, 0.4) is 0 Å². The van der Waals surface area contributed by atoms with Crippen LogP contribution in [0.2, 0.25) is 0 Å². The average molecular weight is 453 g/mol. The van der Waals surface area contributed by atoms with E-state index >= 15 is 0 Å². The summed E-state index contributed by atoms with van der Waals surface area (Å²) in [4.78, 5) is 27.4. The molecule has 3 aromatic carbocycles. The molecule has 172 valence electrons. The van der Waals surface area contributed by atoms with Crippen LogP contribution in [-0.4, -0.2) is 23.3 Å². The molecule has 0 aliphatic carbocycles. The molecule has 0 saturated carbocycles. The third kappa shape index (κ3) is 4.46. The molecule has 34 heavy (non-hydrogen) atoms. The number of nitrogens with one attached hydrogen (secondary N) is 1. The summed E-state index contributed by atoms with van der Waals surface area (Å²) >= 11 is 0. The molecule has 0 atom stereocenters. The third-order valence-corrected chi connectivity index (χ3v) is 6.20. The highest BCUT2D eigenvalue weighted by molar-refractivity contribution is 6.07. The molecular formula is C29H28N2O3. The Bertz CT molecular complexity index is 1360. The summed E-state index contributed by atoms with van der Waals surface area (Å²) in [7, 11) is 0. The molecule has 4 aromatic rings. The number of carbonyl (C=O) groups excluding carboxylic acids is 2. The van der Waals surface area contributed by atoms with E-state index in [0.717, 1.165) is 44.7 Å². The summed E-state index contributed by atoms with van der Waals surface area (Å²) in [6, 6.07) is 23.6. The van der Waals surface area contributed by atoms with E-state index in [2.05, 4.69) is 5.32 Å². The van der Waals surface area contributed by atoms with Crippen LogP contribution in [0.5, 0.6) is 0 Å². The lowest BCUT2D eigenvalue weighted by atomic mass is 10.0. The van der Waals surface area contributed by atoms with Crippen molar-refractivity contribution in [1.82, 2.24) is 4.90 Å². The minimum Gasteiger partial charge on any atom is -0.461 e. The Morgan fingerprint density at radius 1 is 1.00 bits per heavy atom. The number of hydrogen-bond donors (Lipinski definition) is 1. The molecule has 5 rings (SSSR count). The van der Waals surface area contributed by atoms with E-state index in [4.69, 9.17) is 4.42 Å². The maximum absolute atomic E-state index is 13.4. The van der Waals surface area contributed by atoms with Crippen molar-refractivity contribution in [1.29, 1.82) is 0 Å². The molecule has 0 bridgehead atoms. The summed E-state index contributed by atoms with van der Waals surface area (Å²) < 4.78 is 6.17. The SMILES string of the molecule is CC(C)CC(=O)Nc1cccc(-c2cc3c(o2)CCN(C(=O)c2cccc4ccccc24)C3)c1. The number of carbonyl (C=O) groups is 2. The second-order valence-corrected chi connectivity index (χ2v) is 9.29. The fourth-order valence-electron chi connectivity index (χ4n) is 4.56. The minimum absolute atomic E-state index is 0.00785. The minimum atomic E-state index is 0.00785. The van der Waals surface area contributed by atoms with Crippen LogP contribution in [-0.2, 0) is 17.8 Å². The topological polar surface area (TPSA) is 62.6 Å². The van der Waals surface area contributed by atoms with Gasteiger partial charge in [0.05, 0.1) is 0 Å². The lowest BCUT2D eigenvalue weighted by Crippen LogP contribution is -2.35. The first kappa shape index (κ1) is 22.0. The highest BCUT2D eigenvalue weighted by atomic mass is 16.3. The van der Waals surface area contributed by atoms with E-state index in [-0.39, 0.29) is 11.8 Å². The molecule has 0 fully saturated rings. The molecule has 0 spiro atoms. The van der Waals surface area contributed by atoms with Gasteiger partial charge in [0, 0.05) is 48.3 Å². The van der Waals surface area contributed by atoms with E-state index in [1.807, 2.05) is 91.5 Å². The zero-order valence-electron chi connectivity index (χ0n) is 19.5. The molecule has 0 radical (unpaired) electrons. The van der Waals surface area contributed by atoms with Crippen LogP contribution in [0.25, 0.3) is 22.1 Å². The Hall–Kier alpha value is -3.86. The Balaban J connectivity index is 1.35. The zero-order valence-corrected chi connectivity index (χ0v) is 19.5. The third-order valence-electron chi connectivity index (χ3n) is 6.20. The van der Waals surface area contributed by atoms with Gasteiger partial charge in [-0.3, -0.25) is 9.59 Å². The van der Waals surface area contributed by atoms with Crippen molar-refractivity contribution < 1.29 is 14.0 Å². The Morgan fingerprint density at radius 3 is 2.65 bits per heavy atom. The molecule has 5 heteroatoms. The van der Waals surface area contributed by atoms with E-state index in [9.17, 15) is 9.59 Å². The molecule has 1 aliphatic rings. The number of furan rings is 1. The van der Waals surface area contributed by atoms with Crippen molar-refractivity contribution in [3.8, 4) is 11.3 Å². The number of rotatable bonds is 5. The largest absolute Gasteiger partial charge is 0.461 e. The second-order valence-electron chi connectivity index (χ2n) is 9.29. The number of anilines is 1. The molecule has 5 nitrogen and oxygen atoms in total. The highest BCUT2D eigenvalue weighted by Gasteiger charge is 2.26. The predicted octanol–water partition coefficient (Wildman–Crippen LogP) is 6.28. The van der Waals surface area contributed by atoms with Gasteiger partial charge >= 0.3 is 0 Å². The van der Waals surface area contributed by atoms with Gasteiger partial charge in [-0.15, -0.1) is 0 Å². The molecule has 2 amide bonds. The van der Waals surface area contributed by atoms with Crippen LogP contribution in [0.4, 0.5) is 5.69 Å². The smallest absolute Gasteiger partial charge is 0.254 e. The van der Waals surface area contributed by atoms with Gasteiger partial charge in [0.25, 0.3) is 5.91 Å². The van der Waals surface area contributed by atoms with Gasteiger partial charge in [-0.05, 0) is 41.0 Å². The summed E-state index contributed by atoms with van der Waals surface area (Å²) in [5, 5.41) is 5.01. The molecule has 1 N–H and O–H groups in total. The quantitative estimate of drug-likeness (QED) is 0.387. The Morgan fingerprint density at radius 2 is 1.79 bits per heavy atom. The van der Waals surface area contributed by atoms with Crippen molar-refractivity contribution in [2.24, 2.45) is 5.92 Å². The number of fused-ring (bicyclic) bond motifs is 2. The first-order chi connectivity index (χ1) is 16.5. The van der Waals surface area contributed by atoms with Gasteiger partial charge in [0.1, 0.15) is 11.5 Å². The second kappa shape index (κ2) is 9.18. The number of hydrogen-bond acceptors (Lipinski definition) is 3. The van der Waals surface area contributed by atoms with Crippen molar-refractivity contribution in [2.75, 3.05) is 11.9 Å². The maximum Gasteiger partial charge on any atom is 0.254 e. The Labute approximate surface area is 199 Å². The Kier molecular flexibility index (Phi) is 5.93. The average Bonchev–Trinajstić information content (AvgIpc) is 3.26. The lowest BCUT2D eigenvalue weighted by Gasteiger charge is -2.26. The first-order valence-electron chi connectivity index (χ1n) is 11.8. The first-order valence-corrected chi connectivity index (χ1v) is 11.8. The van der Waals surface area contributed by atoms with Crippen LogP contribution >= 0.6 is 0 Å². The lowest BCUT2D eigenvalue weighted by molar-refractivity contribution is -0.116. The fraction of sp³-hybridized carbons (Fsp3) is 0.241. The summed E-state index contributed by atoms with van der Waals surface area (Å²) in [6.45, 7) is 5.19. The molecule has 1 aromatic heterocycles. The number of amides is 2. The predicted molar refractivity (Wildman–Crippen MR) is 135 cm³/mol. The number of benzene rings is 3. The van der Waals surface area contributed by atoms with Crippen LogP contribution in [0.1, 0.15) is 41.9 Å². The van der Waals surface area contributed by atoms with Gasteiger partial charge < -0.3 is 14.6 Å². The van der Waals surface area contributed by atoms with Gasteiger partial charge in [-0.25, -0.2) is 0 Å². The molecule has 0 saturated heterocycles. The van der Waals surface area contributed by atoms with E-state index in [1.165, 1.54) is 0 Å². The zero-order chi connectivity index (χ0) is 23.7. The summed E-state index contributed by atoms with van der Waals surface area (Å²) in [6.07, 6.45) is 1.16. The highest BCUT2D eigenvalue weighted by Crippen LogP contribution is 2.32. The van der Waals surface area contributed by atoms with E-state index in [1.54, 1.807) is 0 Å². The van der Waals surface area contributed by atoms with Gasteiger partial charge in [0.15, 0.2) is 0 Å². The summed E-state index contributed by atoms with van der Waals surface area (Å²) in [5.74, 6) is 2.03. The van der Waals surface area contributed by atoms with E-state index < -0.39 is 0 Å². The van der Waals surface area contributed by atoms with Crippen molar-refractivity contribution in [3.63, 3.8) is 0 Å². The molecular weight excluding hydrogens is 424 g/mol. The molecule has 1 aliphatic heterocycles. The van der Waals surface area contributed by atoms with Crippen LogP contribution < -0.4 is 5.32 Å². The van der Waals surface area contributed by atoms with Gasteiger partial charge in [-0.2, -0.15) is 0 Å². The standard InChI is InChI=1S/C29H28N2O3/c1-19(2)15-28(32)30-23-10-5-9-21(16-23)27-17-22-18-31(14-13-26(22)34-27)29(33)25-12-6-8-20-7-3-4-11-24(20)25/h3-12,16-17,19H,13-15,18H2,1-2H3,(H,30,32). The van der Waals surface area contributed by atoms with Gasteiger partial charge in [-0.1, -0.05) is 62.4 Å². The van der Waals surface area contributed by atoms with Crippen molar-refractivity contribution >= 4 is 28.3 Å². The molecule has 2 heterocycles. The normalized spacial score (nSPS) is 13.2. The summed E-state index contributed by atoms with van der Waals surface area (Å²) in [5.41, 5.74) is 3.42. The fourth-order valence-corrected chi connectivity index (χ4v) is 4.56. The number of nitrogens with zero attached hydrogens (tertiary/aromatic N) is 1. The van der Waals surface area contributed by atoms with Crippen molar-refractivity contribution in [2.45, 2.75) is 33.2 Å². The monoisotopic (exact) mass is 452 g/mol. The van der Waals surface area contributed by atoms with Gasteiger partial charge in [0.2, 0.25) is 5.91 Å². The van der Waals surface area contributed by atoms with E-state index in [0.29, 0.717) is 31.8 Å². The maximum atomic E-state index is 13.4. The molecule has 0 unspecified atom stereocenters. The van der Waals surface area contributed by atoms with Crippen molar-refractivity contribution in [3.05, 3.63) is 89.7 Å². The van der Waals surface area contributed by atoms with Crippen LogP contribution in [0, 0.1) is 5.92 Å². The van der Waals surface area contributed by atoms with Crippen LogP contribution in [0.15, 0.2) is 77.2 Å².